The molecule has 84 valence electrons. The lowest BCUT2D eigenvalue weighted by Crippen LogP contribution is -1.98. The largest absolute Gasteiger partial charge is 0.250 e. The topological polar surface area (TPSA) is 46.0 Å². The SMILES string of the molecule is CCCc1n[nH]c(=S)n1/N=C\c1cccs1. The van der Waals surface area contributed by atoms with Crippen LogP contribution in [0.1, 0.15) is 24.0 Å². The number of nitrogens with one attached hydrogen (secondary N) is 1. The molecule has 0 aromatic carbocycles. The van der Waals surface area contributed by atoms with Crippen LogP contribution in [0.15, 0.2) is 22.6 Å². The molecular formula is C10H12N4S2. The third-order valence-electron chi connectivity index (χ3n) is 2.03. The number of H-pyrrole nitrogens is 1. The molecule has 16 heavy (non-hydrogen) atoms. The highest BCUT2D eigenvalue weighted by Gasteiger charge is 2.02. The predicted molar refractivity (Wildman–Crippen MR) is 68.7 cm³/mol. The third kappa shape index (κ3) is 2.45. The number of hydrogen-bond donors (Lipinski definition) is 1. The van der Waals surface area contributed by atoms with Gasteiger partial charge in [0.15, 0.2) is 5.82 Å². The van der Waals surface area contributed by atoms with Crippen molar-refractivity contribution in [2.75, 3.05) is 0 Å². The highest BCUT2D eigenvalue weighted by molar-refractivity contribution is 7.71. The van der Waals surface area contributed by atoms with Crippen LogP contribution in [0.3, 0.4) is 0 Å². The highest BCUT2D eigenvalue weighted by atomic mass is 32.1. The summed E-state index contributed by atoms with van der Waals surface area (Å²) in [6.45, 7) is 2.10. The van der Waals surface area contributed by atoms with Crippen molar-refractivity contribution in [1.82, 2.24) is 14.9 Å². The molecule has 0 saturated carbocycles. The Kier molecular flexibility index (Phi) is 3.63. The van der Waals surface area contributed by atoms with Crippen molar-refractivity contribution in [1.29, 1.82) is 0 Å². The van der Waals surface area contributed by atoms with Crippen LogP contribution in [0, 0.1) is 4.77 Å². The van der Waals surface area contributed by atoms with Crippen LogP contribution in [0.25, 0.3) is 0 Å². The van der Waals surface area contributed by atoms with Crippen molar-refractivity contribution in [2.45, 2.75) is 19.8 Å². The van der Waals surface area contributed by atoms with Gasteiger partial charge in [-0.3, -0.25) is 5.10 Å². The van der Waals surface area contributed by atoms with Gasteiger partial charge in [0.05, 0.1) is 6.21 Å². The summed E-state index contributed by atoms with van der Waals surface area (Å²) < 4.78 is 2.22. The molecule has 2 rings (SSSR count). The molecule has 0 bridgehead atoms. The summed E-state index contributed by atoms with van der Waals surface area (Å²) in [6.07, 6.45) is 3.69. The van der Waals surface area contributed by atoms with E-state index >= 15 is 0 Å². The molecule has 0 amide bonds. The van der Waals surface area contributed by atoms with E-state index in [2.05, 4.69) is 22.2 Å². The van der Waals surface area contributed by atoms with Gasteiger partial charge in [-0.25, -0.2) is 0 Å². The smallest absolute Gasteiger partial charge is 0.216 e. The van der Waals surface area contributed by atoms with Crippen molar-refractivity contribution < 1.29 is 0 Å². The fourth-order valence-corrected chi connectivity index (χ4v) is 2.09. The second-order valence-electron chi connectivity index (χ2n) is 3.27. The van der Waals surface area contributed by atoms with Gasteiger partial charge in [-0.2, -0.15) is 14.9 Å². The van der Waals surface area contributed by atoms with Crippen molar-refractivity contribution in [3.05, 3.63) is 33.0 Å². The summed E-state index contributed by atoms with van der Waals surface area (Å²) in [6, 6.07) is 4.00. The second kappa shape index (κ2) is 5.18. The summed E-state index contributed by atoms with van der Waals surface area (Å²) >= 11 is 6.76. The quantitative estimate of drug-likeness (QED) is 0.672. The fourth-order valence-electron chi connectivity index (χ4n) is 1.31. The number of aromatic amines is 1. The first kappa shape index (κ1) is 11.2. The Bertz CT molecular complexity index is 521. The van der Waals surface area contributed by atoms with Gasteiger partial charge in [0.2, 0.25) is 4.77 Å². The lowest BCUT2D eigenvalue weighted by Gasteiger charge is -1.96. The molecule has 0 aliphatic rings. The third-order valence-corrected chi connectivity index (χ3v) is 3.11. The zero-order chi connectivity index (χ0) is 11.4. The van der Waals surface area contributed by atoms with Gasteiger partial charge in [-0.05, 0) is 30.1 Å². The average molecular weight is 252 g/mol. The number of rotatable bonds is 4. The Morgan fingerprint density at radius 3 is 3.25 bits per heavy atom. The molecule has 2 aromatic heterocycles. The van der Waals surface area contributed by atoms with Crippen LogP contribution in [-0.4, -0.2) is 21.1 Å². The molecule has 0 aliphatic heterocycles. The van der Waals surface area contributed by atoms with E-state index in [-0.39, 0.29) is 0 Å². The van der Waals surface area contributed by atoms with E-state index in [9.17, 15) is 0 Å². The summed E-state index contributed by atoms with van der Waals surface area (Å²) in [7, 11) is 0. The lowest BCUT2D eigenvalue weighted by atomic mass is 10.3. The zero-order valence-electron chi connectivity index (χ0n) is 8.88. The fraction of sp³-hybridized carbons (Fsp3) is 0.300. The minimum absolute atomic E-state index is 0.538. The van der Waals surface area contributed by atoms with Crippen molar-refractivity contribution in [3.63, 3.8) is 0 Å². The summed E-state index contributed by atoms with van der Waals surface area (Å²) in [5.74, 6) is 0.875. The number of nitrogens with zero attached hydrogens (tertiary/aromatic N) is 3. The highest BCUT2D eigenvalue weighted by Crippen LogP contribution is 2.06. The standard InChI is InChI=1S/C10H12N4S2/c1-2-4-9-12-13-10(15)14(9)11-7-8-5-3-6-16-8/h3,5-7H,2,4H2,1H3,(H,13,15)/b11-7-. The maximum atomic E-state index is 5.12. The molecule has 0 unspecified atom stereocenters. The predicted octanol–water partition coefficient (Wildman–Crippen LogP) is 2.84. The Morgan fingerprint density at radius 2 is 2.56 bits per heavy atom. The number of aryl methyl sites for hydroxylation is 1. The monoisotopic (exact) mass is 252 g/mol. The normalized spacial score (nSPS) is 11.3. The van der Waals surface area contributed by atoms with Gasteiger partial charge in [0, 0.05) is 11.3 Å². The Balaban J connectivity index is 2.26. The van der Waals surface area contributed by atoms with Gasteiger partial charge in [0.1, 0.15) is 0 Å². The molecule has 0 atom stereocenters. The van der Waals surface area contributed by atoms with Gasteiger partial charge in [-0.1, -0.05) is 13.0 Å². The van der Waals surface area contributed by atoms with Gasteiger partial charge in [-0.15, -0.1) is 11.3 Å². The van der Waals surface area contributed by atoms with Crippen LogP contribution >= 0.6 is 23.6 Å². The second-order valence-corrected chi connectivity index (χ2v) is 4.63. The van der Waals surface area contributed by atoms with Gasteiger partial charge >= 0.3 is 0 Å². The number of hydrogen-bond acceptors (Lipinski definition) is 4. The van der Waals surface area contributed by atoms with E-state index in [4.69, 9.17) is 12.2 Å². The summed E-state index contributed by atoms with van der Waals surface area (Å²) in [5, 5.41) is 13.2. The summed E-state index contributed by atoms with van der Waals surface area (Å²) in [4.78, 5) is 1.10. The minimum Gasteiger partial charge on any atom is -0.250 e. The maximum absolute atomic E-state index is 5.12. The molecule has 0 aliphatic carbocycles. The molecule has 0 saturated heterocycles. The van der Waals surface area contributed by atoms with Gasteiger partial charge in [0.25, 0.3) is 0 Å². The van der Waals surface area contributed by atoms with Crippen molar-refractivity contribution in [3.8, 4) is 0 Å². The number of aromatic nitrogens is 3. The Morgan fingerprint density at radius 1 is 1.69 bits per heavy atom. The zero-order valence-corrected chi connectivity index (χ0v) is 10.5. The lowest BCUT2D eigenvalue weighted by molar-refractivity contribution is 0.740. The van der Waals surface area contributed by atoms with Crippen LogP contribution < -0.4 is 0 Å². The number of thiophene rings is 1. The van der Waals surface area contributed by atoms with E-state index < -0.39 is 0 Å². The molecule has 1 N–H and O–H groups in total. The van der Waals surface area contributed by atoms with E-state index in [1.54, 1.807) is 22.2 Å². The van der Waals surface area contributed by atoms with E-state index in [0.717, 1.165) is 23.5 Å². The molecular weight excluding hydrogens is 240 g/mol. The summed E-state index contributed by atoms with van der Waals surface area (Å²) in [5.41, 5.74) is 0. The molecule has 4 nitrogen and oxygen atoms in total. The van der Waals surface area contributed by atoms with E-state index in [1.807, 2.05) is 17.5 Å². The van der Waals surface area contributed by atoms with Crippen molar-refractivity contribution >= 4 is 29.8 Å². The van der Waals surface area contributed by atoms with Crippen LogP contribution in [-0.2, 0) is 6.42 Å². The minimum atomic E-state index is 0.538. The van der Waals surface area contributed by atoms with Crippen LogP contribution in [0.2, 0.25) is 0 Å². The molecule has 0 fully saturated rings. The van der Waals surface area contributed by atoms with Gasteiger partial charge < -0.3 is 0 Å². The molecule has 2 heterocycles. The van der Waals surface area contributed by atoms with E-state index in [0.29, 0.717) is 4.77 Å². The molecule has 2 aromatic rings. The first-order valence-corrected chi connectivity index (χ1v) is 6.34. The Hall–Kier alpha value is -1.27. The van der Waals surface area contributed by atoms with Crippen LogP contribution in [0.5, 0.6) is 0 Å². The van der Waals surface area contributed by atoms with Crippen molar-refractivity contribution in [2.24, 2.45) is 5.10 Å². The maximum Gasteiger partial charge on any atom is 0.216 e. The van der Waals surface area contributed by atoms with Crippen LogP contribution in [0.4, 0.5) is 0 Å². The first-order chi connectivity index (χ1) is 7.81. The molecule has 0 radical (unpaired) electrons. The Labute approximate surface area is 103 Å². The average Bonchev–Trinajstić information content (AvgIpc) is 2.88. The first-order valence-electron chi connectivity index (χ1n) is 5.05. The van der Waals surface area contributed by atoms with E-state index in [1.165, 1.54) is 0 Å². The molecule has 0 spiro atoms. The molecule has 6 heteroatoms.